The van der Waals surface area contributed by atoms with Crippen LogP contribution in [0.2, 0.25) is 5.02 Å². The number of Topliss-reactive ketones (excluding diaryl/α,β-unsaturated/α-hetero) is 1. The van der Waals surface area contributed by atoms with Gasteiger partial charge in [0.05, 0.1) is 10.6 Å². The van der Waals surface area contributed by atoms with Gasteiger partial charge in [-0.15, -0.1) is 0 Å². The summed E-state index contributed by atoms with van der Waals surface area (Å²) in [5, 5.41) is 0.0563. The van der Waals surface area contributed by atoms with E-state index in [1.807, 2.05) is 0 Å². The molecule has 1 saturated carbocycles. The predicted molar refractivity (Wildman–Crippen MR) is 75.6 cm³/mol. The molecule has 0 bridgehead atoms. The zero-order chi connectivity index (χ0) is 14.2. The Morgan fingerprint density at radius 2 is 2.10 bits per heavy atom. The average molecular weight is 297 g/mol. The zero-order valence-electron chi connectivity index (χ0n) is 11.3. The largest absolute Gasteiger partial charge is 0.375 e. The fourth-order valence-electron chi connectivity index (χ4n) is 3.50. The summed E-state index contributed by atoms with van der Waals surface area (Å²) in [6.45, 7) is 0.631. The smallest absolute Gasteiger partial charge is 0.166 e. The highest BCUT2D eigenvalue weighted by Crippen LogP contribution is 2.42. The normalized spacial score (nSPS) is 25.0. The number of halogens is 2. The molecular weight excluding hydrogens is 279 g/mol. The van der Waals surface area contributed by atoms with Crippen molar-refractivity contribution in [1.82, 2.24) is 0 Å². The molecule has 1 unspecified atom stereocenters. The molecule has 2 nitrogen and oxygen atoms in total. The third-order valence-electron chi connectivity index (χ3n) is 4.58. The Hall–Kier alpha value is -0.930. The molecule has 1 heterocycles. The molecule has 1 aromatic rings. The minimum Gasteiger partial charge on any atom is -0.375 e. The Balaban J connectivity index is 1.77. The molecule has 2 fully saturated rings. The highest BCUT2D eigenvalue weighted by Gasteiger charge is 2.42. The summed E-state index contributed by atoms with van der Waals surface area (Å²) in [5.74, 6) is -0.558. The quantitative estimate of drug-likeness (QED) is 0.756. The number of hydrogen-bond acceptors (Lipinski definition) is 2. The summed E-state index contributed by atoms with van der Waals surface area (Å²) in [4.78, 5) is 12.5. The molecule has 1 aliphatic heterocycles. The zero-order valence-corrected chi connectivity index (χ0v) is 12.1. The van der Waals surface area contributed by atoms with Crippen LogP contribution in [-0.4, -0.2) is 18.0 Å². The van der Waals surface area contributed by atoms with Gasteiger partial charge in [0.25, 0.3) is 0 Å². The van der Waals surface area contributed by atoms with Crippen LogP contribution in [0, 0.1) is 11.7 Å². The van der Waals surface area contributed by atoms with Crippen LogP contribution in [0.25, 0.3) is 0 Å². The van der Waals surface area contributed by atoms with E-state index in [-0.39, 0.29) is 22.3 Å². The molecule has 0 N–H and O–H groups in total. The molecule has 1 atom stereocenters. The van der Waals surface area contributed by atoms with E-state index in [2.05, 4.69) is 0 Å². The Kier molecular flexibility index (Phi) is 3.83. The minimum atomic E-state index is -0.528. The van der Waals surface area contributed by atoms with Gasteiger partial charge in [0, 0.05) is 18.1 Å². The SMILES string of the molecule is O=C(c1ccc(Cl)c(F)c1)C1CCOC2(CCCC2)C1. The Morgan fingerprint density at radius 1 is 1.35 bits per heavy atom. The molecule has 0 amide bonds. The summed E-state index contributed by atoms with van der Waals surface area (Å²) < 4.78 is 19.4. The average Bonchev–Trinajstić information content (AvgIpc) is 2.89. The molecule has 108 valence electrons. The predicted octanol–water partition coefficient (Wildman–Crippen LogP) is 4.40. The second kappa shape index (κ2) is 5.45. The first-order valence-electron chi connectivity index (χ1n) is 7.23. The van der Waals surface area contributed by atoms with Gasteiger partial charge < -0.3 is 4.74 Å². The number of ketones is 1. The minimum absolute atomic E-state index is 0.0233. The molecule has 20 heavy (non-hydrogen) atoms. The van der Waals surface area contributed by atoms with Crippen molar-refractivity contribution < 1.29 is 13.9 Å². The van der Waals surface area contributed by atoms with E-state index in [1.54, 1.807) is 6.07 Å². The number of rotatable bonds is 2. The van der Waals surface area contributed by atoms with E-state index in [0.717, 1.165) is 25.7 Å². The Labute approximate surface area is 123 Å². The van der Waals surface area contributed by atoms with Crippen molar-refractivity contribution in [1.29, 1.82) is 0 Å². The van der Waals surface area contributed by atoms with Gasteiger partial charge in [-0.2, -0.15) is 0 Å². The number of benzene rings is 1. The maximum Gasteiger partial charge on any atom is 0.166 e. The van der Waals surface area contributed by atoms with Crippen molar-refractivity contribution in [3.63, 3.8) is 0 Å². The van der Waals surface area contributed by atoms with E-state index >= 15 is 0 Å². The molecule has 3 rings (SSSR count). The lowest BCUT2D eigenvalue weighted by molar-refractivity contribution is -0.0866. The van der Waals surface area contributed by atoms with Crippen LogP contribution in [0.4, 0.5) is 4.39 Å². The summed E-state index contributed by atoms with van der Waals surface area (Å²) >= 11 is 5.66. The van der Waals surface area contributed by atoms with Gasteiger partial charge in [-0.1, -0.05) is 24.4 Å². The van der Waals surface area contributed by atoms with Crippen molar-refractivity contribution in [3.05, 3.63) is 34.6 Å². The maximum atomic E-state index is 13.5. The Bertz CT molecular complexity index is 523. The van der Waals surface area contributed by atoms with Crippen molar-refractivity contribution in [2.45, 2.75) is 44.1 Å². The van der Waals surface area contributed by atoms with Crippen LogP contribution < -0.4 is 0 Å². The lowest BCUT2D eigenvalue weighted by atomic mass is 9.81. The highest BCUT2D eigenvalue weighted by atomic mass is 35.5. The third kappa shape index (κ3) is 2.61. The summed E-state index contributed by atoms with van der Waals surface area (Å²) in [6, 6.07) is 4.32. The summed E-state index contributed by atoms with van der Waals surface area (Å²) in [6.07, 6.45) is 5.95. The fourth-order valence-corrected chi connectivity index (χ4v) is 3.62. The summed E-state index contributed by atoms with van der Waals surface area (Å²) in [5.41, 5.74) is 0.329. The van der Waals surface area contributed by atoms with Crippen molar-refractivity contribution in [2.24, 2.45) is 5.92 Å². The molecular formula is C16H18ClFO2. The van der Waals surface area contributed by atoms with Crippen molar-refractivity contribution in [2.75, 3.05) is 6.61 Å². The van der Waals surface area contributed by atoms with E-state index in [9.17, 15) is 9.18 Å². The van der Waals surface area contributed by atoms with Gasteiger partial charge in [0.1, 0.15) is 5.82 Å². The van der Waals surface area contributed by atoms with Gasteiger partial charge in [0.2, 0.25) is 0 Å². The molecule has 0 aromatic heterocycles. The van der Waals surface area contributed by atoms with Gasteiger partial charge in [-0.3, -0.25) is 4.79 Å². The second-order valence-corrected chi connectivity index (χ2v) is 6.33. The number of carbonyl (C=O) groups is 1. The first kappa shape index (κ1) is 14.0. The van der Waals surface area contributed by atoms with Gasteiger partial charge in [-0.25, -0.2) is 4.39 Å². The maximum absolute atomic E-state index is 13.5. The van der Waals surface area contributed by atoms with E-state index < -0.39 is 5.82 Å². The van der Waals surface area contributed by atoms with E-state index in [4.69, 9.17) is 16.3 Å². The van der Waals surface area contributed by atoms with Crippen LogP contribution in [0.5, 0.6) is 0 Å². The standard InChI is InChI=1S/C16H18ClFO2/c17-13-4-3-11(9-14(13)18)15(19)12-5-8-20-16(10-12)6-1-2-7-16/h3-4,9,12H,1-2,5-8,10H2. The van der Waals surface area contributed by atoms with Crippen LogP contribution >= 0.6 is 11.6 Å². The molecule has 1 spiro atoms. The molecule has 1 aromatic carbocycles. The third-order valence-corrected chi connectivity index (χ3v) is 4.89. The number of hydrogen-bond donors (Lipinski definition) is 0. The number of carbonyl (C=O) groups excluding carboxylic acids is 1. The topological polar surface area (TPSA) is 26.3 Å². The van der Waals surface area contributed by atoms with Gasteiger partial charge >= 0.3 is 0 Å². The van der Waals surface area contributed by atoms with Crippen LogP contribution in [0.3, 0.4) is 0 Å². The number of ether oxygens (including phenoxy) is 1. The molecule has 4 heteroatoms. The second-order valence-electron chi connectivity index (χ2n) is 5.92. The Morgan fingerprint density at radius 3 is 2.80 bits per heavy atom. The van der Waals surface area contributed by atoms with Gasteiger partial charge in [0.15, 0.2) is 5.78 Å². The van der Waals surface area contributed by atoms with Crippen molar-refractivity contribution >= 4 is 17.4 Å². The van der Waals surface area contributed by atoms with E-state index in [1.165, 1.54) is 25.0 Å². The van der Waals surface area contributed by atoms with Crippen LogP contribution in [0.1, 0.15) is 48.9 Å². The molecule has 2 aliphatic rings. The first-order valence-corrected chi connectivity index (χ1v) is 7.61. The van der Waals surface area contributed by atoms with E-state index in [0.29, 0.717) is 12.2 Å². The molecule has 0 radical (unpaired) electrons. The van der Waals surface area contributed by atoms with Gasteiger partial charge in [-0.05, 0) is 43.9 Å². The first-order chi connectivity index (χ1) is 9.60. The molecule has 1 saturated heterocycles. The molecule has 1 aliphatic carbocycles. The lowest BCUT2D eigenvalue weighted by Crippen LogP contribution is -2.39. The van der Waals surface area contributed by atoms with Crippen LogP contribution in [-0.2, 0) is 4.74 Å². The fraction of sp³-hybridized carbons (Fsp3) is 0.562. The highest BCUT2D eigenvalue weighted by molar-refractivity contribution is 6.30. The summed E-state index contributed by atoms with van der Waals surface area (Å²) in [7, 11) is 0. The van der Waals surface area contributed by atoms with Crippen LogP contribution in [0.15, 0.2) is 18.2 Å². The van der Waals surface area contributed by atoms with Crippen molar-refractivity contribution in [3.8, 4) is 0 Å². The monoisotopic (exact) mass is 296 g/mol. The lowest BCUT2D eigenvalue weighted by Gasteiger charge is -2.37.